The second kappa shape index (κ2) is 2.30. The smallest absolute Gasteiger partial charge is 0.356 e. The van der Waals surface area contributed by atoms with Crippen LogP contribution in [0.2, 0.25) is 0 Å². The van der Waals surface area contributed by atoms with E-state index in [1.807, 2.05) is 0 Å². The van der Waals surface area contributed by atoms with Gasteiger partial charge >= 0.3 is 5.97 Å². The molecule has 5 nitrogen and oxygen atoms in total. The SMILES string of the molecule is C=C[C@]1(N)[C@@H]2Cc3c(C(=O)O)n[nH]c3[C@@H]21. The number of H-pyrrole nitrogens is 1. The quantitative estimate of drug-likeness (QED) is 0.604. The van der Waals surface area contributed by atoms with Crippen LogP contribution >= 0.6 is 0 Å². The molecule has 0 spiro atoms. The maximum absolute atomic E-state index is 10.8. The third-order valence-corrected chi connectivity index (χ3v) is 3.66. The van der Waals surface area contributed by atoms with E-state index in [1.54, 1.807) is 6.08 Å². The van der Waals surface area contributed by atoms with Crippen LogP contribution in [0.1, 0.15) is 27.7 Å². The molecule has 0 aliphatic heterocycles. The van der Waals surface area contributed by atoms with Crippen molar-refractivity contribution in [3.8, 4) is 0 Å². The summed E-state index contributed by atoms with van der Waals surface area (Å²) in [4.78, 5) is 10.8. The lowest BCUT2D eigenvalue weighted by molar-refractivity contribution is 0.0689. The lowest BCUT2D eigenvalue weighted by Crippen LogP contribution is -2.25. The number of nitrogens with one attached hydrogen (secondary N) is 1. The molecule has 1 aromatic rings. The van der Waals surface area contributed by atoms with E-state index in [0.29, 0.717) is 12.3 Å². The third-order valence-electron chi connectivity index (χ3n) is 3.66. The molecular formula is C10H11N3O2. The molecular weight excluding hydrogens is 194 g/mol. The van der Waals surface area contributed by atoms with Crippen molar-refractivity contribution in [1.29, 1.82) is 0 Å². The molecule has 2 aliphatic rings. The molecule has 1 heterocycles. The Bertz CT molecular complexity index is 479. The Morgan fingerprint density at radius 1 is 1.80 bits per heavy atom. The lowest BCUT2D eigenvalue weighted by atomic mass is 10.0. The number of carboxylic acids is 1. The molecule has 0 unspecified atom stereocenters. The fraction of sp³-hybridized carbons (Fsp3) is 0.400. The zero-order valence-electron chi connectivity index (χ0n) is 8.03. The minimum absolute atomic E-state index is 0.142. The average Bonchev–Trinajstić information content (AvgIpc) is 2.56. The average molecular weight is 205 g/mol. The van der Waals surface area contributed by atoms with Crippen LogP contribution in [0.3, 0.4) is 0 Å². The summed E-state index contributed by atoms with van der Waals surface area (Å²) in [6.07, 6.45) is 2.45. The van der Waals surface area contributed by atoms with E-state index < -0.39 is 5.97 Å². The van der Waals surface area contributed by atoms with Crippen molar-refractivity contribution in [1.82, 2.24) is 10.2 Å². The van der Waals surface area contributed by atoms with Gasteiger partial charge in [-0.25, -0.2) is 4.79 Å². The van der Waals surface area contributed by atoms with Crippen molar-refractivity contribution in [2.75, 3.05) is 0 Å². The molecule has 4 N–H and O–H groups in total. The summed E-state index contributed by atoms with van der Waals surface area (Å²) in [6.45, 7) is 3.72. The van der Waals surface area contributed by atoms with Crippen LogP contribution in [0.25, 0.3) is 0 Å². The van der Waals surface area contributed by atoms with E-state index in [0.717, 1.165) is 11.3 Å². The molecule has 2 aliphatic carbocycles. The summed E-state index contributed by atoms with van der Waals surface area (Å²) in [7, 11) is 0. The van der Waals surface area contributed by atoms with Gasteiger partial charge in [-0.15, -0.1) is 6.58 Å². The third kappa shape index (κ3) is 0.818. The molecule has 5 heteroatoms. The summed E-state index contributed by atoms with van der Waals surface area (Å²) < 4.78 is 0. The van der Waals surface area contributed by atoms with Gasteiger partial charge in [-0.2, -0.15) is 5.10 Å². The van der Waals surface area contributed by atoms with Crippen LogP contribution in [0.15, 0.2) is 12.7 Å². The number of fused-ring (bicyclic) bond motifs is 3. The first-order valence-electron chi connectivity index (χ1n) is 4.82. The van der Waals surface area contributed by atoms with Gasteiger partial charge in [0.05, 0.1) is 0 Å². The topological polar surface area (TPSA) is 92.0 Å². The normalized spacial score (nSPS) is 35.8. The van der Waals surface area contributed by atoms with Gasteiger partial charge in [0.25, 0.3) is 0 Å². The maximum Gasteiger partial charge on any atom is 0.356 e. The number of nitrogens with two attached hydrogens (primary N) is 1. The molecule has 3 rings (SSSR count). The summed E-state index contributed by atoms with van der Waals surface area (Å²) >= 11 is 0. The van der Waals surface area contributed by atoms with Crippen molar-refractivity contribution in [3.05, 3.63) is 29.6 Å². The van der Waals surface area contributed by atoms with Gasteiger partial charge in [-0.05, 0) is 12.3 Å². The van der Waals surface area contributed by atoms with Crippen LogP contribution in [0.5, 0.6) is 0 Å². The molecule has 0 radical (unpaired) electrons. The van der Waals surface area contributed by atoms with Crippen molar-refractivity contribution in [2.45, 2.75) is 17.9 Å². The van der Waals surface area contributed by atoms with E-state index in [9.17, 15) is 4.79 Å². The highest BCUT2D eigenvalue weighted by Gasteiger charge is 2.66. The molecule has 0 amide bonds. The van der Waals surface area contributed by atoms with E-state index in [1.165, 1.54) is 0 Å². The molecule has 1 saturated carbocycles. The van der Waals surface area contributed by atoms with Crippen LogP contribution in [-0.4, -0.2) is 26.8 Å². The molecule has 0 aromatic carbocycles. The van der Waals surface area contributed by atoms with Crippen molar-refractivity contribution in [2.24, 2.45) is 11.7 Å². The minimum Gasteiger partial charge on any atom is -0.476 e. The number of aromatic carboxylic acids is 1. The monoisotopic (exact) mass is 205 g/mol. The number of aromatic nitrogens is 2. The summed E-state index contributed by atoms with van der Waals surface area (Å²) in [5.74, 6) is -0.488. The minimum atomic E-state index is -0.977. The fourth-order valence-corrected chi connectivity index (χ4v) is 2.77. The maximum atomic E-state index is 10.8. The van der Waals surface area contributed by atoms with Gasteiger partial charge in [-0.3, -0.25) is 5.10 Å². The number of nitrogens with zero attached hydrogens (tertiary/aromatic N) is 1. The first-order valence-corrected chi connectivity index (χ1v) is 4.82. The number of aromatic amines is 1. The number of hydrogen-bond acceptors (Lipinski definition) is 3. The number of carboxylic acid groups (broad SMARTS) is 1. The van der Waals surface area contributed by atoms with Gasteiger partial charge in [0.15, 0.2) is 5.69 Å². The summed E-state index contributed by atoms with van der Waals surface area (Å²) in [6, 6.07) is 0. The Labute approximate surface area is 86.0 Å². The Balaban J connectivity index is 2.05. The van der Waals surface area contributed by atoms with Gasteiger partial charge in [-0.1, -0.05) is 6.08 Å². The van der Waals surface area contributed by atoms with Gasteiger partial charge in [0, 0.05) is 22.7 Å². The Hall–Kier alpha value is -1.62. The molecule has 0 saturated heterocycles. The zero-order chi connectivity index (χ0) is 10.8. The van der Waals surface area contributed by atoms with Crippen LogP contribution in [0.4, 0.5) is 0 Å². The summed E-state index contributed by atoms with van der Waals surface area (Å²) in [5, 5.41) is 15.5. The second-order valence-corrected chi connectivity index (χ2v) is 4.26. The second-order valence-electron chi connectivity index (χ2n) is 4.26. The zero-order valence-corrected chi connectivity index (χ0v) is 8.03. The van der Waals surface area contributed by atoms with Crippen molar-refractivity contribution >= 4 is 5.97 Å². The predicted octanol–water partition coefficient (Wildman–Crippen LogP) is 0.261. The number of rotatable bonds is 2. The van der Waals surface area contributed by atoms with E-state index >= 15 is 0 Å². The van der Waals surface area contributed by atoms with Crippen LogP contribution < -0.4 is 5.73 Å². The van der Waals surface area contributed by atoms with Crippen molar-refractivity contribution in [3.63, 3.8) is 0 Å². The highest BCUT2D eigenvalue weighted by molar-refractivity contribution is 5.88. The number of hydrogen-bond donors (Lipinski definition) is 3. The fourth-order valence-electron chi connectivity index (χ4n) is 2.77. The first kappa shape index (κ1) is 8.67. The molecule has 78 valence electrons. The van der Waals surface area contributed by atoms with E-state index in [2.05, 4.69) is 16.8 Å². The largest absolute Gasteiger partial charge is 0.476 e. The molecule has 3 atom stereocenters. The Morgan fingerprint density at radius 3 is 3.13 bits per heavy atom. The van der Waals surface area contributed by atoms with E-state index in [4.69, 9.17) is 10.8 Å². The Morgan fingerprint density at radius 2 is 2.53 bits per heavy atom. The van der Waals surface area contributed by atoms with Crippen LogP contribution in [0, 0.1) is 5.92 Å². The molecule has 15 heavy (non-hydrogen) atoms. The first-order chi connectivity index (χ1) is 7.09. The number of carbonyl (C=O) groups is 1. The molecule has 1 aromatic heterocycles. The van der Waals surface area contributed by atoms with E-state index in [-0.39, 0.29) is 17.2 Å². The lowest BCUT2D eigenvalue weighted by Gasteiger charge is -2.08. The van der Waals surface area contributed by atoms with Gasteiger partial charge < -0.3 is 10.8 Å². The predicted molar refractivity (Wildman–Crippen MR) is 52.6 cm³/mol. The highest BCUT2D eigenvalue weighted by atomic mass is 16.4. The van der Waals surface area contributed by atoms with Crippen LogP contribution in [-0.2, 0) is 6.42 Å². The van der Waals surface area contributed by atoms with Crippen molar-refractivity contribution < 1.29 is 9.90 Å². The summed E-state index contributed by atoms with van der Waals surface area (Å²) in [5.41, 5.74) is 7.58. The van der Waals surface area contributed by atoms with Gasteiger partial charge in [0.1, 0.15) is 0 Å². The molecule has 1 fully saturated rings. The Kier molecular flexibility index (Phi) is 1.33. The highest BCUT2D eigenvalue weighted by Crippen LogP contribution is 2.63. The molecule has 0 bridgehead atoms. The van der Waals surface area contributed by atoms with Gasteiger partial charge in [0.2, 0.25) is 0 Å². The standard InChI is InChI=1S/C10H11N3O2/c1-2-10(11)5-3-4-7(6(5)10)12-13-8(4)9(14)15/h2,5-6H,1,3,11H2,(H,12,13)(H,14,15)/t5-,6-,10+/m1/s1.